The molecule has 0 amide bonds. The third kappa shape index (κ3) is 6.39. The van der Waals surface area contributed by atoms with Gasteiger partial charge in [-0.25, -0.2) is 9.18 Å². The zero-order valence-electron chi connectivity index (χ0n) is 21.1. The molecule has 9 nitrogen and oxygen atoms in total. The van der Waals surface area contributed by atoms with Crippen molar-refractivity contribution in [3.8, 4) is 16.9 Å². The molecule has 2 atom stereocenters. The largest absolute Gasteiger partial charge is 0.370 e. The first kappa shape index (κ1) is 27.3. The number of guanidine groups is 1. The summed E-state index contributed by atoms with van der Waals surface area (Å²) in [4.78, 5) is 20.1. The number of benzene rings is 2. The average Bonchev–Trinajstić information content (AvgIpc) is 3.27. The van der Waals surface area contributed by atoms with E-state index in [4.69, 9.17) is 34.2 Å². The van der Waals surface area contributed by atoms with Crippen LogP contribution in [0.2, 0.25) is 5.02 Å². The van der Waals surface area contributed by atoms with Crippen molar-refractivity contribution in [2.24, 2.45) is 17.2 Å². The molecule has 0 bridgehead atoms. The Labute approximate surface area is 224 Å². The second-order valence-corrected chi connectivity index (χ2v) is 9.92. The summed E-state index contributed by atoms with van der Waals surface area (Å²) in [5.41, 5.74) is 20.5. The predicted octanol–water partition coefficient (Wildman–Crippen LogP) is 3.72. The summed E-state index contributed by atoms with van der Waals surface area (Å²) < 4.78 is 16.4. The highest BCUT2D eigenvalue weighted by atomic mass is 35.5. The minimum atomic E-state index is -0.533. The highest BCUT2D eigenvalue weighted by Gasteiger charge is 2.16. The molecule has 0 fully saturated rings. The van der Waals surface area contributed by atoms with Crippen molar-refractivity contribution in [3.05, 3.63) is 81.1 Å². The molecule has 0 aliphatic carbocycles. The first-order valence-electron chi connectivity index (χ1n) is 12.4. The van der Waals surface area contributed by atoms with Crippen molar-refractivity contribution < 1.29 is 4.39 Å². The monoisotopic (exact) mass is 538 g/mol. The maximum Gasteiger partial charge on any atom is 0.354 e. The van der Waals surface area contributed by atoms with Gasteiger partial charge >= 0.3 is 5.69 Å². The minimum absolute atomic E-state index is 0.0415. The van der Waals surface area contributed by atoms with Gasteiger partial charge in [0.05, 0.1) is 16.4 Å². The Bertz CT molecular complexity index is 1500. The lowest BCUT2D eigenvalue weighted by molar-refractivity contribution is 0.618. The molecule has 0 radical (unpaired) electrons. The smallest absolute Gasteiger partial charge is 0.354 e. The number of aryl methyl sites for hydroxylation is 1. The summed E-state index contributed by atoms with van der Waals surface area (Å²) in [7, 11) is 0. The van der Waals surface area contributed by atoms with Crippen LogP contribution in [0.3, 0.4) is 0 Å². The Hall–Kier alpha value is -3.73. The van der Waals surface area contributed by atoms with E-state index in [1.54, 1.807) is 36.5 Å². The highest BCUT2D eigenvalue weighted by Crippen LogP contribution is 2.31. The second kappa shape index (κ2) is 11.8. The lowest BCUT2D eigenvalue weighted by Gasteiger charge is -2.13. The van der Waals surface area contributed by atoms with Crippen LogP contribution in [0.5, 0.6) is 0 Å². The molecule has 11 heteroatoms. The summed E-state index contributed by atoms with van der Waals surface area (Å²) in [5.74, 6) is -0.631. The Kier molecular flexibility index (Phi) is 8.45. The molecular weight excluding hydrogens is 507 g/mol. The van der Waals surface area contributed by atoms with E-state index in [1.165, 1.54) is 4.57 Å². The van der Waals surface area contributed by atoms with E-state index in [0.717, 1.165) is 30.4 Å². The molecule has 2 aromatic heterocycles. The molecule has 38 heavy (non-hydrogen) atoms. The van der Waals surface area contributed by atoms with E-state index >= 15 is 0 Å². The molecule has 0 spiro atoms. The zero-order valence-corrected chi connectivity index (χ0v) is 21.9. The molecule has 200 valence electrons. The van der Waals surface area contributed by atoms with Gasteiger partial charge in [0.2, 0.25) is 0 Å². The number of nitrogens with one attached hydrogen (secondary N) is 3. The Morgan fingerprint density at radius 3 is 2.63 bits per heavy atom. The summed E-state index contributed by atoms with van der Waals surface area (Å²) in [6, 6.07) is 12.3. The van der Waals surface area contributed by atoms with Crippen molar-refractivity contribution in [2.75, 3.05) is 6.54 Å². The summed E-state index contributed by atoms with van der Waals surface area (Å²) in [6.45, 7) is 2.44. The van der Waals surface area contributed by atoms with Crippen molar-refractivity contribution in [1.29, 1.82) is 5.41 Å². The Balaban J connectivity index is 1.60. The normalized spacial score (nSPS) is 13.0. The van der Waals surface area contributed by atoms with Crippen LogP contribution in [-0.4, -0.2) is 33.1 Å². The quantitative estimate of drug-likeness (QED) is 0.133. The maximum absolute atomic E-state index is 15.0. The standard InChI is InChI=1S/C27H32ClFN8O/c1-15(30)3-2-4-16-11-20(24(29)21(28)12-16)23-13-18-14-37(27(38)36-25(18)35-23)19-7-5-17(6-8-19)22(31)9-10-34-26(32)33/h5-8,11-15,22H,2-4,9-10,30-31H2,1H3,(H4,32,33,34)(H,35,36,38)/t15-,22-/m0/s1. The van der Waals surface area contributed by atoms with Crippen LogP contribution in [0.15, 0.2) is 53.5 Å². The number of rotatable bonds is 10. The summed E-state index contributed by atoms with van der Waals surface area (Å²) >= 11 is 6.21. The third-order valence-electron chi connectivity index (χ3n) is 6.38. The second-order valence-electron chi connectivity index (χ2n) is 9.52. The number of H-pyrrole nitrogens is 1. The van der Waals surface area contributed by atoms with Gasteiger partial charge in [0.1, 0.15) is 5.65 Å². The summed E-state index contributed by atoms with van der Waals surface area (Å²) in [5, 5.41) is 10.6. The molecule has 0 aliphatic heterocycles. The predicted molar refractivity (Wildman–Crippen MR) is 150 cm³/mol. The van der Waals surface area contributed by atoms with Gasteiger partial charge in [-0.3, -0.25) is 9.98 Å². The number of fused-ring (bicyclic) bond motifs is 1. The highest BCUT2D eigenvalue weighted by molar-refractivity contribution is 6.31. The molecule has 0 saturated heterocycles. The van der Waals surface area contributed by atoms with Crippen molar-refractivity contribution >= 4 is 28.6 Å². The SMILES string of the molecule is C[C@H](N)CCCc1cc(Cl)c(F)c(-c2cc3cn(-c4ccc([C@@H](N)CCNC(=N)N)cc4)c(=O)nc3[nH]2)c1. The fourth-order valence-electron chi connectivity index (χ4n) is 4.35. The average molecular weight is 539 g/mol. The van der Waals surface area contributed by atoms with E-state index in [1.807, 2.05) is 19.1 Å². The maximum atomic E-state index is 15.0. The molecule has 2 aromatic carbocycles. The lowest BCUT2D eigenvalue weighted by Crippen LogP contribution is -2.32. The molecule has 0 unspecified atom stereocenters. The van der Waals surface area contributed by atoms with E-state index in [0.29, 0.717) is 40.9 Å². The molecule has 4 rings (SSSR count). The minimum Gasteiger partial charge on any atom is -0.370 e. The van der Waals surface area contributed by atoms with Crippen molar-refractivity contribution in [1.82, 2.24) is 19.9 Å². The fourth-order valence-corrected chi connectivity index (χ4v) is 4.59. The lowest BCUT2D eigenvalue weighted by atomic mass is 10.0. The van der Waals surface area contributed by atoms with Gasteiger partial charge in [0.15, 0.2) is 11.8 Å². The molecule has 0 aliphatic rings. The van der Waals surface area contributed by atoms with Gasteiger partial charge in [0, 0.05) is 35.8 Å². The molecule has 9 N–H and O–H groups in total. The van der Waals surface area contributed by atoms with Crippen LogP contribution in [0.1, 0.15) is 43.4 Å². The van der Waals surface area contributed by atoms with E-state index in [9.17, 15) is 9.18 Å². The van der Waals surface area contributed by atoms with Crippen LogP contribution >= 0.6 is 11.6 Å². The van der Waals surface area contributed by atoms with Crippen LogP contribution in [0.25, 0.3) is 28.0 Å². The zero-order chi connectivity index (χ0) is 27.4. The van der Waals surface area contributed by atoms with Gasteiger partial charge in [-0.15, -0.1) is 0 Å². The fraction of sp³-hybridized carbons (Fsp3) is 0.296. The van der Waals surface area contributed by atoms with Crippen LogP contribution in [0, 0.1) is 11.2 Å². The van der Waals surface area contributed by atoms with Gasteiger partial charge in [-0.05, 0) is 74.1 Å². The van der Waals surface area contributed by atoms with Crippen LogP contribution < -0.4 is 28.2 Å². The number of nitrogens with zero attached hydrogens (tertiary/aromatic N) is 2. The van der Waals surface area contributed by atoms with E-state index in [-0.39, 0.29) is 23.1 Å². The van der Waals surface area contributed by atoms with E-state index in [2.05, 4.69) is 15.3 Å². The number of nitrogens with two attached hydrogens (primary N) is 3. The first-order valence-corrected chi connectivity index (χ1v) is 12.8. The first-order chi connectivity index (χ1) is 18.1. The third-order valence-corrected chi connectivity index (χ3v) is 6.66. The Morgan fingerprint density at radius 1 is 1.21 bits per heavy atom. The van der Waals surface area contributed by atoms with Crippen LogP contribution in [-0.2, 0) is 6.42 Å². The molecular formula is C27H32ClFN8O. The Morgan fingerprint density at radius 2 is 1.95 bits per heavy atom. The van der Waals surface area contributed by atoms with E-state index < -0.39 is 11.5 Å². The molecule has 4 aromatic rings. The number of halogens is 2. The number of hydrogen-bond acceptors (Lipinski definition) is 5. The van der Waals surface area contributed by atoms with Crippen molar-refractivity contribution in [3.63, 3.8) is 0 Å². The number of hydrogen-bond donors (Lipinski definition) is 6. The van der Waals surface area contributed by atoms with Gasteiger partial charge < -0.3 is 27.5 Å². The van der Waals surface area contributed by atoms with Gasteiger partial charge in [-0.2, -0.15) is 4.98 Å². The summed E-state index contributed by atoms with van der Waals surface area (Å²) in [6.07, 6.45) is 4.71. The number of aromatic amines is 1. The molecule has 0 saturated carbocycles. The van der Waals surface area contributed by atoms with Crippen molar-refractivity contribution in [2.45, 2.75) is 44.7 Å². The molecule has 2 heterocycles. The number of aromatic nitrogens is 3. The van der Waals surface area contributed by atoms with Crippen LogP contribution in [0.4, 0.5) is 4.39 Å². The topological polar surface area (TPSA) is 165 Å². The van der Waals surface area contributed by atoms with Gasteiger partial charge in [0.25, 0.3) is 0 Å². The van der Waals surface area contributed by atoms with Gasteiger partial charge in [-0.1, -0.05) is 23.7 Å².